The van der Waals surface area contributed by atoms with E-state index in [0.29, 0.717) is 23.3 Å². The second kappa shape index (κ2) is 18.2. The fourth-order valence-electron chi connectivity index (χ4n) is 8.30. The minimum atomic E-state index is 0.604. The van der Waals surface area contributed by atoms with Crippen molar-refractivity contribution in [1.82, 2.24) is 34.9 Å². The highest BCUT2D eigenvalue weighted by atomic mass is 15.0. The Morgan fingerprint density at radius 2 is 0.716 bits per heavy atom. The molecule has 0 saturated carbocycles. The van der Waals surface area contributed by atoms with Gasteiger partial charge < -0.3 is 0 Å². The van der Waals surface area contributed by atoms with Crippen molar-refractivity contribution in [2.24, 2.45) is 0 Å². The van der Waals surface area contributed by atoms with Crippen LogP contribution in [0.25, 0.3) is 113 Å². The molecule has 7 heteroatoms. The van der Waals surface area contributed by atoms with Gasteiger partial charge in [-0.3, -0.25) is 9.97 Å². The summed E-state index contributed by atoms with van der Waals surface area (Å²) in [6.45, 7) is 2.00. The molecule has 0 saturated heterocycles. The molecule has 4 aromatic heterocycles. The molecule has 67 heavy (non-hydrogen) atoms. The van der Waals surface area contributed by atoms with Gasteiger partial charge in [0.05, 0.1) is 11.4 Å². The molecule has 11 rings (SSSR count). The average Bonchev–Trinajstić information content (AvgIpc) is 3.42. The van der Waals surface area contributed by atoms with Crippen molar-refractivity contribution in [3.8, 4) is 113 Å². The number of nitrogens with zero attached hydrogens (tertiary/aromatic N) is 7. The zero-order chi connectivity index (χ0) is 44.9. The maximum atomic E-state index is 5.20. The Bertz CT molecular complexity index is 3430. The summed E-state index contributed by atoms with van der Waals surface area (Å²) in [5.41, 5.74) is 16.9. The molecule has 0 N–H and O–H groups in total. The Hall–Kier alpha value is -9.07. The third-order valence-corrected chi connectivity index (χ3v) is 11.8. The number of pyridine rings is 2. The standard InChI is InChI=1S/C60H41N7/c1-40-23-24-52(39-62-40)41-25-27-44(28-26-41)56-38-55(43-13-5-2-6-14-43)63-59(64-56)50-21-11-19-47(35-50)48-29-30-53(54(37-48)42-31-33-61-34-32-42)49-20-12-22-51(36-49)60-66-57(45-15-7-3-8-16-45)65-58(67-60)46-17-9-4-10-18-46/h2-39H,1H3. The molecule has 0 spiro atoms. The second-order valence-corrected chi connectivity index (χ2v) is 16.3. The largest absolute Gasteiger partial charge is 0.265 e. The van der Waals surface area contributed by atoms with Gasteiger partial charge in [-0.25, -0.2) is 24.9 Å². The first-order chi connectivity index (χ1) is 33.1. The minimum absolute atomic E-state index is 0.604. The van der Waals surface area contributed by atoms with Gasteiger partial charge in [0.1, 0.15) is 0 Å². The number of aromatic nitrogens is 7. The van der Waals surface area contributed by atoms with E-state index in [1.54, 1.807) is 0 Å². The summed E-state index contributed by atoms with van der Waals surface area (Å²) in [4.78, 5) is 34.2. The van der Waals surface area contributed by atoms with E-state index in [4.69, 9.17) is 24.9 Å². The molecule has 7 aromatic carbocycles. The van der Waals surface area contributed by atoms with E-state index in [0.717, 1.165) is 95.0 Å². The van der Waals surface area contributed by atoms with Crippen LogP contribution in [0.3, 0.4) is 0 Å². The fourth-order valence-corrected chi connectivity index (χ4v) is 8.30. The first-order valence-corrected chi connectivity index (χ1v) is 22.2. The molecule has 0 amide bonds. The van der Waals surface area contributed by atoms with Crippen molar-refractivity contribution in [2.75, 3.05) is 0 Å². The van der Waals surface area contributed by atoms with Gasteiger partial charge in [0.2, 0.25) is 0 Å². The lowest BCUT2D eigenvalue weighted by Crippen LogP contribution is -2.00. The van der Waals surface area contributed by atoms with Gasteiger partial charge in [-0.15, -0.1) is 0 Å². The molecule has 0 aliphatic rings. The van der Waals surface area contributed by atoms with Crippen LogP contribution in [0.5, 0.6) is 0 Å². The van der Waals surface area contributed by atoms with Crippen LogP contribution in [0, 0.1) is 6.92 Å². The lowest BCUT2D eigenvalue weighted by atomic mass is 9.90. The molecule has 7 nitrogen and oxygen atoms in total. The van der Waals surface area contributed by atoms with Gasteiger partial charge in [0.25, 0.3) is 0 Å². The average molecular weight is 860 g/mol. The van der Waals surface area contributed by atoms with Crippen molar-refractivity contribution < 1.29 is 0 Å². The van der Waals surface area contributed by atoms with E-state index in [1.165, 1.54) is 0 Å². The van der Waals surface area contributed by atoms with Gasteiger partial charge in [0, 0.05) is 63.2 Å². The summed E-state index contributed by atoms with van der Waals surface area (Å²) < 4.78 is 0. The van der Waals surface area contributed by atoms with Crippen LogP contribution in [-0.4, -0.2) is 34.9 Å². The number of rotatable bonds is 10. The zero-order valence-corrected chi connectivity index (χ0v) is 36.6. The van der Waals surface area contributed by atoms with E-state index in [-0.39, 0.29) is 0 Å². The third kappa shape index (κ3) is 8.77. The lowest BCUT2D eigenvalue weighted by Gasteiger charge is -2.15. The summed E-state index contributed by atoms with van der Waals surface area (Å²) in [6, 6.07) is 72.8. The molecule has 0 aliphatic heterocycles. The Balaban J connectivity index is 0.977. The molecule has 0 aliphatic carbocycles. The maximum absolute atomic E-state index is 5.20. The number of aryl methyl sites for hydroxylation is 1. The zero-order valence-electron chi connectivity index (χ0n) is 36.6. The van der Waals surface area contributed by atoms with Gasteiger partial charge >= 0.3 is 0 Å². The van der Waals surface area contributed by atoms with Crippen LogP contribution < -0.4 is 0 Å². The first-order valence-electron chi connectivity index (χ1n) is 22.2. The molecular formula is C60H41N7. The Labute approximate surface area is 389 Å². The van der Waals surface area contributed by atoms with Crippen molar-refractivity contribution in [1.29, 1.82) is 0 Å². The summed E-state index contributed by atoms with van der Waals surface area (Å²) >= 11 is 0. The van der Waals surface area contributed by atoms with Crippen molar-refractivity contribution in [2.45, 2.75) is 6.92 Å². The second-order valence-electron chi connectivity index (χ2n) is 16.3. The summed E-state index contributed by atoms with van der Waals surface area (Å²) in [6.07, 6.45) is 5.60. The molecular weight excluding hydrogens is 819 g/mol. The molecule has 11 aromatic rings. The summed E-state index contributed by atoms with van der Waals surface area (Å²) in [7, 11) is 0. The summed E-state index contributed by atoms with van der Waals surface area (Å²) in [5.74, 6) is 2.50. The predicted molar refractivity (Wildman–Crippen MR) is 270 cm³/mol. The van der Waals surface area contributed by atoms with E-state index < -0.39 is 0 Å². The Morgan fingerprint density at radius 1 is 0.269 bits per heavy atom. The Morgan fingerprint density at radius 3 is 1.31 bits per heavy atom. The molecule has 0 unspecified atom stereocenters. The molecule has 0 fully saturated rings. The highest BCUT2D eigenvalue weighted by Crippen LogP contribution is 2.38. The SMILES string of the molecule is Cc1ccc(-c2ccc(-c3cc(-c4ccccc4)nc(-c4cccc(-c5ccc(-c6cccc(-c7nc(-c8ccccc8)nc(-c8ccccc8)n7)c6)c(-c6ccncc6)c5)c4)n3)cc2)cn1. The number of benzene rings is 7. The van der Waals surface area contributed by atoms with Crippen LogP contribution in [0.4, 0.5) is 0 Å². The van der Waals surface area contributed by atoms with Gasteiger partial charge in [-0.05, 0) is 88.3 Å². The molecule has 0 atom stereocenters. The van der Waals surface area contributed by atoms with Crippen molar-refractivity contribution in [3.63, 3.8) is 0 Å². The fraction of sp³-hybridized carbons (Fsp3) is 0.0167. The number of hydrogen-bond donors (Lipinski definition) is 0. The van der Waals surface area contributed by atoms with E-state index in [2.05, 4.69) is 137 Å². The van der Waals surface area contributed by atoms with Crippen molar-refractivity contribution in [3.05, 3.63) is 237 Å². The van der Waals surface area contributed by atoms with Gasteiger partial charge in [-0.1, -0.05) is 170 Å². The highest BCUT2D eigenvalue weighted by molar-refractivity contribution is 5.89. The van der Waals surface area contributed by atoms with Crippen LogP contribution in [0.1, 0.15) is 5.69 Å². The summed E-state index contributed by atoms with van der Waals surface area (Å²) in [5, 5.41) is 0. The third-order valence-electron chi connectivity index (χ3n) is 11.8. The molecule has 4 heterocycles. The van der Waals surface area contributed by atoms with Gasteiger partial charge in [0.15, 0.2) is 23.3 Å². The Kier molecular flexibility index (Phi) is 11.1. The topological polar surface area (TPSA) is 90.2 Å². The molecule has 0 radical (unpaired) electrons. The van der Waals surface area contributed by atoms with Crippen molar-refractivity contribution >= 4 is 0 Å². The van der Waals surface area contributed by atoms with E-state index in [9.17, 15) is 0 Å². The van der Waals surface area contributed by atoms with Gasteiger partial charge in [-0.2, -0.15) is 0 Å². The first kappa shape index (κ1) is 40.7. The van der Waals surface area contributed by atoms with Crippen LogP contribution in [0.2, 0.25) is 0 Å². The highest BCUT2D eigenvalue weighted by Gasteiger charge is 2.17. The smallest absolute Gasteiger partial charge is 0.164 e. The predicted octanol–water partition coefficient (Wildman–Crippen LogP) is 14.4. The monoisotopic (exact) mass is 859 g/mol. The van der Waals surface area contributed by atoms with E-state index >= 15 is 0 Å². The van der Waals surface area contributed by atoms with E-state index in [1.807, 2.05) is 110 Å². The lowest BCUT2D eigenvalue weighted by molar-refractivity contribution is 1.07. The normalized spacial score (nSPS) is 11.1. The van der Waals surface area contributed by atoms with Crippen LogP contribution in [-0.2, 0) is 0 Å². The number of hydrogen-bond acceptors (Lipinski definition) is 7. The maximum Gasteiger partial charge on any atom is 0.164 e. The van der Waals surface area contributed by atoms with Crippen LogP contribution >= 0.6 is 0 Å². The quantitative estimate of drug-likeness (QED) is 0.135. The molecule has 316 valence electrons. The minimum Gasteiger partial charge on any atom is -0.265 e. The molecule has 0 bridgehead atoms. The van der Waals surface area contributed by atoms with Crippen LogP contribution in [0.15, 0.2) is 231 Å².